The van der Waals surface area contributed by atoms with Gasteiger partial charge in [0.05, 0.1) is 18.2 Å². The van der Waals surface area contributed by atoms with Crippen molar-refractivity contribution in [3.05, 3.63) is 81.4 Å². The van der Waals surface area contributed by atoms with E-state index in [0.29, 0.717) is 39.4 Å². The Bertz CT molecular complexity index is 1490. The van der Waals surface area contributed by atoms with E-state index in [4.69, 9.17) is 32.9 Å². The number of aromatic hydroxyl groups is 1. The molecule has 0 aliphatic heterocycles. The Balaban J connectivity index is 0.000000158. The van der Waals surface area contributed by atoms with E-state index in [1.165, 1.54) is 0 Å². The molecular formula is C31H32Cl2N4O2. The molecule has 2 aromatic carbocycles. The van der Waals surface area contributed by atoms with Crippen LogP contribution in [-0.2, 0) is 25.7 Å². The van der Waals surface area contributed by atoms with Crippen LogP contribution < -0.4 is 4.74 Å². The smallest absolute Gasteiger partial charge is 0.164 e. The number of nitrogens with zero attached hydrogens (tertiary/aromatic N) is 4. The lowest BCUT2D eigenvalue weighted by Gasteiger charge is -2.21. The number of halogens is 2. The number of hydrogen-bond acceptors (Lipinski definition) is 6. The van der Waals surface area contributed by atoms with Crippen LogP contribution in [0.25, 0.3) is 22.8 Å². The average molecular weight is 564 g/mol. The molecule has 4 aromatic rings. The van der Waals surface area contributed by atoms with Gasteiger partial charge in [-0.15, -0.1) is 0 Å². The molecule has 2 unspecified atom stereocenters. The zero-order valence-electron chi connectivity index (χ0n) is 22.4. The van der Waals surface area contributed by atoms with Gasteiger partial charge in [0, 0.05) is 22.5 Å². The molecule has 202 valence electrons. The van der Waals surface area contributed by atoms with Crippen molar-refractivity contribution in [2.24, 2.45) is 11.8 Å². The normalized spacial score (nSPS) is 17.9. The quantitative estimate of drug-likeness (QED) is 0.259. The first-order chi connectivity index (χ1) is 18.8. The third kappa shape index (κ3) is 6.02. The number of para-hydroxylation sites is 2. The summed E-state index contributed by atoms with van der Waals surface area (Å²) in [6, 6.07) is 14.8. The molecule has 6 nitrogen and oxygen atoms in total. The first-order valence-corrected chi connectivity index (χ1v) is 14.1. The van der Waals surface area contributed by atoms with Gasteiger partial charge < -0.3 is 9.84 Å². The molecule has 2 aromatic heterocycles. The number of methoxy groups -OCH3 is 1. The van der Waals surface area contributed by atoms with E-state index in [2.05, 4.69) is 28.8 Å². The van der Waals surface area contributed by atoms with Gasteiger partial charge in [-0.1, -0.05) is 61.3 Å². The first-order valence-electron chi connectivity index (χ1n) is 13.4. The number of rotatable bonds is 3. The summed E-state index contributed by atoms with van der Waals surface area (Å²) in [6.45, 7) is 4.47. The van der Waals surface area contributed by atoms with E-state index in [1.807, 2.05) is 30.3 Å². The second-order valence-electron chi connectivity index (χ2n) is 10.4. The van der Waals surface area contributed by atoms with Crippen LogP contribution in [-0.4, -0.2) is 32.2 Å². The van der Waals surface area contributed by atoms with Crippen LogP contribution in [0.4, 0.5) is 0 Å². The van der Waals surface area contributed by atoms with E-state index >= 15 is 0 Å². The van der Waals surface area contributed by atoms with Crippen LogP contribution in [0, 0.1) is 11.8 Å². The molecule has 0 saturated heterocycles. The minimum atomic E-state index is 0.183. The van der Waals surface area contributed by atoms with Crippen molar-refractivity contribution >= 4 is 23.2 Å². The largest absolute Gasteiger partial charge is 0.507 e. The van der Waals surface area contributed by atoms with Crippen LogP contribution >= 0.6 is 23.2 Å². The Morgan fingerprint density at radius 1 is 0.718 bits per heavy atom. The summed E-state index contributed by atoms with van der Waals surface area (Å²) >= 11 is 12.6. The first kappa shape index (κ1) is 27.4. The number of ether oxygens (including phenoxy) is 1. The highest BCUT2D eigenvalue weighted by Crippen LogP contribution is 2.34. The number of phenolic OH excluding ortho intramolecular Hbond substituents is 1. The minimum Gasteiger partial charge on any atom is -0.507 e. The van der Waals surface area contributed by atoms with Gasteiger partial charge in [0.1, 0.15) is 21.8 Å². The lowest BCUT2D eigenvalue weighted by Crippen LogP contribution is -2.15. The van der Waals surface area contributed by atoms with Crippen LogP contribution in [0.15, 0.2) is 48.5 Å². The van der Waals surface area contributed by atoms with Crippen LogP contribution in [0.3, 0.4) is 0 Å². The van der Waals surface area contributed by atoms with E-state index in [1.54, 1.807) is 25.3 Å². The molecule has 0 amide bonds. The van der Waals surface area contributed by atoms with Gasteiger partial charge in [-0.25, -0.2) is 19.9 Å². The second-order valence-corrected chi connectivity index (χ2v) is 11.2. The minimum absolute atomic E-state index is 0.183. The average Bonchev–Trinajstić information content (AvgIpc) is 2.93. The summed E-state index contributed by atoms with van der Waals surface area (Å²) in [5.74, 6) is 3.39. The van der Waals surface area contributed by atoms with E-state index < -0.39 is 0 Å². The SMILES string of the molecule is CC1CCc2c(Cl)nc(-c3ccccc3O)nc2C1.COc1ccccc1-c1nc(Cl)c2c(n1)CC(C)CC2. The van der Waals surface area contributed by atoms with Crippen molar-refractivity contribution in [3.8, 4) is 34.3 Å². The fourth-order valence-electron chi connectivity index (χ4n) is 5.21. The molecule has 0 spiro atoms. The van der Waals surface area contributed by atoms with Gasteiger partial charge in [0.15, 0.2) is 11.6 Å². The van der Waals surface area contributed by atoms with Crippen LogP contribution in [0.2, 0.25) is 10.3 Å². The number of fused-ring (bicyclic) bond motifs is 2. The predicted octanol–water partition coefficient (Wildman–Crippen LogP) is 7.56. The maximum Gasteiger partial charge on any atom is 0.164 e. The molecule has 2 atom stereocenters. The van der Waals surface area contributed by atoms with E-state index in [0.717, 1.165) is 72.4 Å². The molecule has 2 aliphatic rings. The Morgan fingerprint density at radius 3 is 1.74 bits per heavy atom. The maximum atomic E-state index is 9.89. The zero-order chi connectivity index (χ0) is 27.5. The number of aromatic nitrogens is 4. The lowest BCUT2D eigenvalue weighted by atomic mass is 9.89. The van der Waals surface area contributed by atoms with Gasteiger partial charge in [0.2, 0.25) is 0 Å². The standard InChI is InChI=1S/C16H17ClN2O.C15H15ClN2O/c1-10-7-8-11-13(9-10)18-16(19-15(11)17)12-5-3-4-6-14(12)20-2;1-9-6-7-10-12(8-9)17-15(18-14(10)16)11-4-2-3-5-13(11)19/h3-6,10H,7-9H2,1-2H3;2-5,9,19H,6-8H2,1H3. The third-order valence-electron chi connectivity index (χ3n) is 7.44. The van der Waals surface area contributed by atoms with E-state index in [-0.39, 0.29) is 5.75 Å². The topological polar surface area (TPSA) is 81.0 Å². The summed E-state index contributed by atoms with van der Waals surface area (Å²) < 4.78 is 5.38. The Morgan fingerprint density at radius 2 is 1.21 bits per heavy atom. The van der Waals surface area contributed by atoms with Crippen molar-refractivity contribution in [1.82, 2.24) is 19.9 Å². The molecule has 6 rings (SSSR count). The van der Waals surface area contributed by atoms with Gasteiger partial charge in [-0.3, -0.25) is 0 Å². The molecule has 2 heterocycles. The summed E-state index contributed by atoms with van der Waals surface area (Å²) in [5.41, 5.74) is 5.81. The fourth-order valence-corrected chi connectivity index (χ4v) is 5.78. The summed E-state index contributed by atoms with van der Waals surface area (Å²) in [6.07, 6.45) is 6.10. The maximum absolute atomic E-state index is 9.89. The molecule has 2 aliphatic carbocycles. The molecule has 0 saturated carbocycles. The van der Waals surface area contributed by atoms with Gasteiger partial charge >= 0.3 is 0 Å². The number of phenols is 1. The highest BCUT2D eigenvalue weighted by Gasteiger charge is 2.23. The van der Waals surface area contributed by atoms with E-state index in [9.17, 15) is 5.11 Å². The molecule has 0 fully saturated rings. The monoisotopic (exact) mass is 562 g/mol. The van der Waals surface area contributed by atoms with Crippen LogP contribution in [0.1, 0.15) is 49.2 Å². The fraction of sp³-hybridized carbons (Fsp3) is 0.355. The van der Waals surface area contributed by atoms with Crippen molar-refractivity contribution in [3.63, 3.8) is 0 Å². The molecule has 0 bridgehead atoms. The third-order valence-corrected chi connectivity index (χ3v) is 8.06. The zero-order valence-corrected chi connectivity index (χ0v) is 23.9. The van der Waals surface area contributed by atoms with Gasteiger partial charge in [-0.2, -0.15) is 0 Å². The molecular weight excluding hydrogens is 531 g/mol. The Kier molecular flexibility index (Phi) is 8.34. The predicted molar refractivity (Wildman–Crippen MR) is 156 cm³/mol. The van der Waals surface area contributed by atoms with Crippen LogP contribution in [0.5, 0.6) is 11.5 Å². The van der Waals surface area contributed by atoms with Crippen molar-refractivity contribution in [2.45, 2.75) is 52.4 Å². The molecule has 1 N–H and O–H groups in total. The summed E-state index contributed by atoms with van der Waals surface area (Å²) in [7, 11) is 1.65. The molecule has 8 heteroatoms. The van der Waals surface area contributed by atoms with Gasteiger partial charge in [0.25, 0.3) is 0 Å². The number of benzene rings is 2. The van der Waals surface area contributed by atoms with Gasteiger partial charge in [-0.05, 0) is 74.6 Å². The molecule has 0 radical (unpaired) electrons. The molecule has 39 heavy (non-hydrogen) atoms. The lowest BCUT2D eigenvalue weighted by molar-refractivity contribution is 0.416. The van der Waals surface area contributed by atoms with Crippen molar-refractivity contribution < 1.29 is 9.84 Å². The Hall–Kier alpha value is -3.22. The van der Waals surface area contributed by atoms with Crippen molar-refractivity contribution in [1.29, 1.82) is 0 Å². The highest BCUT2D eigenvalue weighted by atomic mass is 35.5. The number of hydrogen-bond donors (Lipinski definition) is 1. The Labute approximate surface area is 239 Å². The highest BCUT2D eigenvalue weighted by molar-refractivity contribution is 6.30. The summed E-state index contributed by atoms with van der Waals surface area (Å²) in [4.78, 5) is 18.1. The van der Waals surface area contributed by atoms with Crippen molar-refractivity contribution in [2.75, 3.05) is 7.11 Å². The second kappa shape index (κ2) is 11.9. The summed E-state index contributed by atoms with van der Waals surface area (Å²) in [5, 5.41) is 11.0.